The van der Waals surface area contributed by atoms with E-state index in [1.54, 1.807) is 42.6 Å². The molecule has 0 saturated heterocycles. The average Bonchev–Trinajstić information content (AvgIpc) is 3.39. The molecule has 0 spiro atoms. The number of alkyl halides is 1. The van der Waals surface area contributed by atoms with Gasteiger partial charge in [-0.25, -0.2) is 4.39 Å². The Morgan fingerprint density at radius 1 is 1.00 bits per heavy atom. The third-order valence-electron chi connectivity index (χ3n) is 5.30. The second-order valence-corrected chi connectivity index (χ2v) is 7.65. The Kier molecular flexibility index (Phi) is 5.68. The van der Waals surface area contributed by atoms with E-state index in [0.29, 0.717) is 28.3 Å². The molecule has 0 fully saturated rings. The van der Waals surface area contributed by atoms with Crippen molar-refractivity contribution in [3.63, 3.8) is 0 Å². The van der Waals surface area contributed by atoms with Crippen LogP contribution in [-0.4, -0.2) is 29.8 Å². The third-order valence-corrected chi connectivity index (χ3v) is 5.30. The molecule has 0 aliphatic carbocycles. The molecule has 0 atom stereocenters. The first-order chi connectivity index (χ1) is 16.2. The molecule has 2 heterocycles. The van der Waals surface area contributed by atoms with Gasteiger partial charge in [0.1, 0.15) is 29.7 Å². The fourth-order valence-electron chi connectivity index (χ4n) is 3.67. The highest BCUT2D eigenvalue weighted by Crippen LogP contribution is 2.27. The van der Waals surface area contributed by atoms with Gasteiger partial charge in [-0.15, -0.1) is 0 Å². The minimum atomic E-state index is -0.577. The highest BCUT2D eigenvalue weighted by Gasteiger charge is 2.11. The number of amidine groups is 1. The number of fused-ring (bicyclic) bond motifs is 1. The van der Waals surface area contributed by atoms with Crippen molar-refractivity contribution in [1.29, 1.82) is 0 Å². The number of carbonyl (C=O) groups excluding carboxylic acids is 1. The molecule has 0 unspecified atom stereocenters. The molecule has 0 radical (unpaired) electrons. The molecule has 1 amide bonds. The number of carbonyl (C=O) groups is 1. The largest absolute Gasteiger partial charge is 0.457 e. The second-order valence-electron chi connectivity index (χ2n) is 7.65. The molecule has 2 N–H and O–H groups in total. The minimum Gasteiger partial charge on any atom is -0.457 e. The lowest BCUT2D eigenvalue weighted by atomic mass is 10.1. The number of nitrogens with one attached hydrogen (secondary N) is 2. The maximum absolute atomic E-state index is 12.9. The molecule has 3 aromatic carbocycles. The van der Waals surface area contributed by atoms with Gasteiger partial charge in [-0.05, 0) is 58.8 Å². The molecule has 164 valence electrons. The number of amides is 1. The van der Waals surface area contributed by atoms with Crippen LogP contribution in [-0.2, 0) is 6.67 Å². The van der Waals surface area contributed by atoms with Gasteiger partial charge in [0.25, 0.3) is 5.91 Å². The normalized spacial score (nSPS) is 12.8. The van der Waals surface area contributed by atoms with E-state index in [4.69, 9.17) is 4.74 Å². The first kappa shape index (κ1) is 20.6. The van der Waals surface area contributed by atoms with Crippen molar-refractivity contribution in [2.75, 3.05) is 18.4 Å². The van der Waals surface area contributed by atoms with Crippen molar-refractivity contribution < 1.29 is 13.9 Å². The maximum Gasteiger partial charge on any atom is 0.255 e. The van der Waals surface area contributed by atoms with Crippen LogP contribution in [0.15, 0.2) is 84.0 Å². The van der Waals surface area contributed by atoms with Gasteiger partial charge in [0.05, 0.1) is 6.54 Å². The van der Waals surface area contributed by atoms with Gasteiger partial charge in [-0.1, -0.05) is 24.3 Å². The number of halogens is 1. The fourth-order valence-corrected chi connectivity index (χ4v) is 3.67. The molecule has 7 heteroatoms. The number of pyridine rings is 1. The predicted octanol–water partition coefficient (Wildman–Crippen LogP) is 5.10. The Bertz CT molecular complexity index is 1370. The molecule has 1 aliphatic rings. The summed E-state index contributed by atoms with van der Waals surface area (Å²) in [5.41, 5.74) is 2.31. The first-order valence-corrected chi connectivity index (χ1v) is 10.6. The van der Waals surface area contributed by atoms with Crippen molar-refractivity contribution in [2.45, 2.75) is 6.67 Å². The number of ether oxygens (including phenoxy) is 1. The lowest BCUT2D eigenvalue weighted by Crippen LogP contribution is -2.20. The molecule has 0 bridgehead atoms. The van der Waals surface area contributed by atoms with E-state index in [1.807, 2.05) is 36.4 Å². The Hall–Kier alpha value is -4.26. The second kappa shape index (κ2) is 9.08. The molecule has 0 saturated carbocycles. The number of nitrogens with zero attached hydrogens (tertiary/aromatic N) is 2. The van der Waals surface area contributed by atoms with E-state index < -0.39 is 6.67 Å². The summed E-state index contributed by atoms with van der Waals surface area (Å²) >= 11 is 0. The Morgan fingerprint density at radius 3 is 2.73 bits per heavy atom. The Balaban J connectivity index is 1.36. The molecular weight excluding hydrogens is 419 g/mol. The smallest absolute Gasteiger partial charge is 0.255 e. The number of hydrogen-bond acceptors (Lipinski definition) is 5. The number of aliphatic imine (C=N–C) groups is 1. The monoisotopic (exact) mass is 440 g/mol. The quantitative estimate of drug-likeness (QED) is 0.438. The topological polar surface area (TPSA) is 75.6 Å². The summed E-state index contributed by atoms with van der Waals surface area (Å²) in [5, 5.41) is 7.88. The number of aromatic nitrogens is 1. The SMILES string of the molecule is O=C(Nc1cccc(CF)c1)c1ccc2ccc(Oc3ccnc(C4=NCCN4)c3)cc2c1. The standard InChI is InChI=1S/C26H21FN4O2/c27-16-17-2-1-3-21(12-17)31-26(32)19-5-4-18-6-7-22(14-20(18)13-19)33-23-8-9-28-24(15-23)25-29-10-11-30-25/h1-9,12-15H,10-11,16H2,(H,29,30)(H,31,32). The van der Waals surface area contributed by atoms with Gasteiger partial charge in [0.15, 0.2) is 0 Å². The van der Waals surface area contributed by atoms with Crippen LogP contribution in [0.3, 0.4) is 0 Å². The molecular formula is C26H21FN4O2. The number of benzene rings is 3. The summed E-state index contributed by atoms with van der Waals surface area (Å²) in [4.78, 5) is 21.5. The van der Waals surface area contributed by atoms with Gasteiger partial charge < -0.3 is 15.4 Å². The summed E-state index contributed by atoms with van der Waals surface area (Å²) in [6.45, 7) is 0.972. The summed E-state index contributed by atoms with van der Waals surface area (Å²) in [6.07, 6.45) is 1.69. The Labute approximate surface area is 190 Å². The van der Waals surface area contributed by atoms with Crippen LogP contribution < -0.4 is 15.4 Å². The van der Waals surface area contributed by atoms with Crippen molar-refractivity contribution in [1.82, 2.24) is 10.3 Å². The molecule has 4 aromatic rings. The molecule has 33 heavy (non-hydrogen) atoms. The lowest BCUT2D eigenvalue weighted by molar-refractivity contribution is 0.102. The van der Waals surface area contributed by atoms with Crippen molar-refractivity contribution >= 4 is 28.2 Å². The highest BCUT2D eigenvalue weighted by molar-refractivity contribution is 6.06. The zero-order valence-corrected chi connectivity index (χ0v) is 17.7. The van der Waals surface area contributed by atoms with Crippen LogP contribution in [0.1, 0.15) is 21.6 Å². The number of hydrogen-bond donors (Lipinski definition) is 2. The van der Waals surface area contributed by atoms with Gasteiger partial charge in [-0.2, -0.15) is 0 Å². The van der Waals surface area contributed by atoms with E-state index in [9.17, 15) is 9.18 Å². The number of anilines is 1. The van der Waals surface area contributed by atoms with Crippen molar-refractivity contribution in [3.05, 3.63) is 95.8 Å². The Morgan fingerprint density at radius 2 is 1.88 bits per heavy atom. The van der Waals surface area contributed by atoms with E-state index in [-0.39, 0.29) is 5.91 Å². The third kappa shape index (κ3) is 4.67. The average molecular weight is 440 g/mol. The van der Waals surface area contributed by atoms with Gasteiger partial charge >= 0.3 is 0 Å². The van der Waals surface area contributed by atoms with E-state index in [2.05, 4.69) is 20.6 Å². The predicted molar refractivity (Wildman–Crippen MR) is 127 cm³/mol. The molecule has 5 rings (SSSR count). The van der Waals surface area contributed by atoms with E-state index in [0.717, 1.165) is 35.4 Å². The van der Waals surface area contributed by atoms with E-state index in [1.165, 1.54) is 0 Å². The van der Waals surface area contributed by atoms with Crippen LogP contribution >= 0.6 is 0 Å². The van der Waals surface area contributed by atoms with Crippen LogP contribution in [0, 0.1) is 0 Å². The highest BCUT2D eigenvalue weighted by atomic mass is 19.1. The molecule has 1 aliphatic heterocycles. The van der Waals surface area contributed by atoms with Crippen molar-refractivity contribution in [3.8, 4) is 11.5 Å². The summed E-state index contributed by atoms with van der Waals surface area (Å²) in [5.74, 6) is 1.81. The van der Waals surface area contributed by atoms with Gasteiger partial charge in [0.2, 0.25) is 0 Å². The van der Waals surface area contributed by atoms with E-state index >= 15 is 0 Å². The number of rotatable bonds is 6. The van der Waals surface area contributed by atoms with Gasteiger partial charge in [0, 0.05) is 30.1 Å². The molecule has 1 aromatic heterocycles. The van der Waals surface area contributed by atoms with Crippen LogP contribution in [0.25, 0.3) is 10.8 Å². The van der Waals surface area contributed by atoms with Crippen LogP contribution in [0.5, 0.6) is 11.5 Å². The maximum atomic E-state index is 12.9. The summed E-state index contributed by atoms with van der Waals surface area (Å²) in [7, 11) is 0. The van der Waals surface area contributed by atoms with Crippen LogP contribution in [0.4, 0.5) is 10.1 Å². The fraction of sp³-hybridized carbons (Fsp3) is 0.115. The van der Waals surface area contributed by atoms with Crippen LogP contribution in [0.2, 0.25) is 0 Å². The summed E-state index contributed by atoms with van der Waals surface area (Å²) in [6, 6.07) is 21.6. The lowest BCUT2D eigenvalue weighted by Gasteiger charge is -2.10. The molecule has 6 nitrogen and oxygen atoms in total. The zero-order valence-electron chi connectivity index (χ0n) is 17.7. The zero-order chi connectivity index (χ0) is 22.6. The minimum absolute atomic E-state index is 0.261. The van der Waals surface area contributed by atoms with Gasteiger partial charge in [-0.3, -0.25) is 14.8 Å². The van der Waals surface area contributed by atoms with Crippen molar-refractivity contribution in [2.24, 2.45) is 4.99 Å². The first-order valence-electron chi connectivity index (χ1n) is 10.6. The summed E-state index contributed by atoms with van der Waals surface area (Å²) < 4.78 is 18.9.